The molecule has 6 heteroatoms. The summed E-state index contributed by atoms with van der Waals surface area (Å²) in [6.07, 6.45) is 0.318. The highest BCUT2D eigenvalue weighted by Gasteiger charge is 2.21. The molecule has 6 nitrogen and oxygen atoms in total. The van der Waals surface area contributed by atoms with E-state index in [2.05, 4.69) is 5.32 Å². The SMILES string of the molecule is CCOc1ccc(NC(=O)c2ccc3c(c2)N(C)C(=O)CCO3)cc1. The molecule has 2 amide bonds. The Balaban J connectivity index is 1.78. The zero-order valence-electron chi connectivity index (χ0n) is 14.2. The molecule has 3 rings (SSSR count). The molecule has 1 heterocycles. The molecule has 1 aliphatic heterocycles. The molecule has 0 fully saturated rings. The molecule has 0 aliphatic carbocycles. The van der Waals surface area contributed by atoms with Crippen molar-refractivity contribution in [1.29, 1.82) is 0 Å². The molecule has 0 spiro atoms. The minimum Gasteiger partial charge on any atom is -0.494 e. The van der Waals surface area contributed by atoms with Crippen LogP contribution in [-0.4, -0.2) is 32.1 Å². The van der Waals surface area contributed by atoms with E-state index in [1.807, 2.05) is 6.92 Å². The first-order valence-corrected chi connectivity index (χ1v) is 8.16. The van der Waals surface area contributed by atoms with E-state index in [1.165, 1.54) is 4.90 Å². The van der Waals surface area contributed by atoms with Crippen molar-refractivity contribution in [1.82, 2.24) is 0 Å². The summed E-state index contributed by atoms with van der Waals surface area (Å²) in [6.45, 7) is 2.85. The summed E-state index contributed by atoms with van der Waals surface area (Å²) in [6, 6.07) is 12.2. The highest BCUT2D eigenvalue weighted by atomic mass is 16.5. The smallest absolute Gasteiger partial charge is 0.255 e. The van der Waals surface area contributed by atoms with Crippen molar-refractivity contribution < 1.29 is 19.1 Å². The maximum Gasteiger partial charge on any atom is 0.255 e. The van der Waals surface area contributed by atoms with Crippen LogP contribution in [0, 0.1) is 0 Å². The van der Waals surface area contributed by atoms with Crippen LogP contribution in [0.4, 0.5) is 11.4 Å². The lowest BCUT2D eigenvalue weighted by atomic mass is 10.1. The molecule has 0 radical (unpaired) electrons. The van der Waals surface area contributed by atoms with Crippen molar-refractivity contribution in [2.75, 3.05) is 30.5 Å². The number of hydrogen-bond acceptors (Lipinski definition) is 4. The van der Waals surface area contributed by atoms with Gasteiger partial charge in [0.05, 0.1) is 25.3 Å². The normalized spacial score (nSPS) is 13.5. The van der Waals surface area contributed by atoms with Gasteiger partial charge in [0.15, 0.2) is 0 Å². The Hall–Kier alpha value is -3.02. The second-order valence-electron chi connectivity index (χ2n) is 5.65. The number of anilines is 2. The summed E-state index contributed by atoms with van der Waals surface area (Å²) >= 11 is 0. The molecule has 1 N–H and O–H groups in total. The number of amides is 2. The fraction of sp³-hybridized carbons (Fsp3) is 0.263. The summed E-state index contributed by atoms with van der Waals surface area (Å²) < 4.78 is 11.0. The Morgan fingerprint density at radius 3 is 2.72 bits per heavy atom. The van der Waals surface area contributed by atoms with Gasteiger partial charge in [0.2, 0.25) is 5.91 Å². The molecular formula is C19H20N2O4. The molecule has 25 heavy (non-hydrogen) atoms. The van der Waals surface area contributed by atoms with Gasteiger partial charge in [0.1, 0.15) is 11.5 Å². The molecule has 130 valence electrons. The minimum absolute atomic E-state index is 0.0391. The molecule has 0 unspecified atom stereocenters. The van der Waals surface area contributed by atoms with E-state index in [-0.39, 0.29) is 11.8 Å². The van der Waals surface area contributed by atoms with Crippen LogP contribution < -0.4 is 19.7 Å². The van der Waals surface area contributed by atoms with Gasteiger partial charge in [0, 0.05) is 18.3 Å². The van der Waals surface area contributed by atoms with Crippen molar-refractivity contribution in [2.24, 2.45) is 0 Å². The monoisotopic (exact) mass is 340 g/mol. The molecule has 0 saturated carbocycles. The van der Waals surface area contributed by atoms with Gasteiger partial charge in [-0.15, -0.1) is 0 Å². The Kier molecular flexibility index (Phi) is 4.88. The van der Waals surface area contributed by atoms with Gasteiger partial charge in [-0.2, -0.15) is 0 Å². The van der Waals surface area contributed by atoms with Crippen LogP contribution in [0.2, 0.25) is 0 Å². The average molecular weight is 340 g/mol. The highest BCUT2D eigenvalue weighted by molar-refractivity contribution is 6.06. The predicted octanol–water partition coefficient (Wildman–Crippen LogP) is 3.08. The lowest BCUT2D eigenvalue weighted by Crippen LogP contribution is -2.25. The average Bonchev–Trinajstić information content (AvgIpc) is 2.76. The number of carbonyl (C=O) groups is 2. The maximum absolute atomic E-state index is 12.5. The lowest BCUT2D eigenvalue weighted by Gasteiger charge is -2.17. The van der Waals surface area contributed by atoms with Crippen LogP contribution in [0.3, 0.4) is 0 Å². The number of hydrogen-bond donors (Lipinski definition) is 1. The third-order valence-electron chi connectivity index (χ3n) is 3.95. The molecule has 0 aromatic heterocycles. The van der Waals surface area contributed by atoms with Crippen molar-refractivity contribution >= 4 is 23.2 Å². The van der Waals surface area contributed by atoms with Gasteiger partial charge in [-0.05, 0) is 49.4 Å². The minimum atomic E-state index is -0.253. The number of benzene rings is 2. The van der Waals surface area contributed by atoms with Crippen molar-refractivity contribution in [3.05, 3.63) is 48.0 Å². The zero-order valence-corrected chi connectivity index (χ0v) is 14.2. The number of fused-ring (bicyclic) bond motifs is 1. The van der Waals surface area contributed by atoms with Gasteiger partial charge in [-0.25, -0.2) is 0 Å². The van der Waals surface area contributed by atoms with Crippen molar-refractivity contribution in [2.45, 2.75) is 13.3 Å². The van der Waals surface area contributed by atoms with Crippen LogP contribution in [0.1, 0.15) is 23.7 Å². The predicted molar refractivity (Wildman–Crippen MR) is 95.5 cm³/mol. The molecular weight excluding hydrogens is 320 g/mol. The van der Waals surface area contributed by atoms with Crippen LogP contribution in [0.25, 0.3) is 0 Å². The van der Waals surface area contributed by atoms with Gasteiger partial charge < -0.3 is 19.7 Å². The number of nitrogens with one attached hydrogen (secondary N) is 1. The van der Waals surface area contributed by atoms with E-state index in [0.717, 1.165) is 5.75 Å². The van der Waals surface area contributed by atoms with Crippen molar-refractivity contribution in [3.63, 3.8) is 0 Å². The van der Waals surface area contributed by atoms with Crippen LogP contribution in [0.5, 0.6) is 11.5 Å². The second kappa shape index (κ2) is 7.25. The van der Waals surface area contributed by atoms with E-state index in [9.17, 15) is 9.59 Å². The Morgan fingerprint density at radius 2 is 2.00 bits per heavy atom. The Labute approximate surface area is 146 Å². The summed E-state index contributed by atoms with van der Waals surface area (Å²) in [5.41, 5.74) is 1.73. The second-order valence-corrected chi connectivity index (χ2v) is 5.65. The van der Waals surface area contributed by atoms with Gasteiger partial charge >= 0.3 is 0 Å². The molecule has 0 atom stereocenters. The Morgan fingerprint density at radius 1 is 1.24 bits per heavy atom. The lowest BCUT2D eigenvalue weighted by molar-refractivity contribution is -0.118. The summed E-state index contributed by atoms with van der Waals surface area (Å²) in [5, 5.41) is 2.84. The van der Waals surface area contributed by atoms with E-state index < -0.39 is 0 Å². The summed E-state index contributed by atoms with van der Waals surface area (Å²) in [5.74, 6) is 1.06. The Bertz CT molecular complexity index is 787. The van der Waals surface area contributed by atoms with Gasteiger partial charge in [0.25, 0.3) is 5.91 Å². The van der Waals surface area contributed by atoms with E-state index >= 15 is 0 Å². The third-order valence-corrected chi connectivity index (χ3v) is 3.95. The largest absolute Gasteiger partial charge is 0.494 e. The quantitative estimate of drug-likeness (QED) is 0.929. The first-order chi connectivity index (χ1) is 12.1. The van der Waals surface area contributed by atoms with Crippen LogP contribution >= 0.6 is 0 Å². The first kappa shape index (κ1) is 16.8. The van der Waals surface area contributed by atoms with Crippen molar-refractivity contribution in [3.8, 4) is 11.5 Å². The molecule has 1 aliphatic rings. The molecule has 0 saturated heterocycles. The first-order valence-electron chi connectivity index (χ1n) is 8.16. The van der Waals surface area contributed by atoms with Gasteiger partial charge in [-0.1, -0.05) is 0 Å². The highest BCUT2D eigenvalue weighted by Crippen LogP contribution is 2.31. The van der Waals surface area contributed by atoms with E-state index in [0.29, 0.717) is 42.3 Å². The summed E-state index contributed by atoms with van der Waals surface area (Å²) in [4.78, 5) is 26.0. The van der Waals surface area contributed by atoms with E-state index in [1.54, 1.807) is 49.5 Å². The maximum atomic E-state index is 12.5. The van der Waals surface area contributed by atoms with Crippen LogP contribution in [0.15, 0.2) is 42.5 Å². The molecule has 2 aromatic carbocycles. The number of ether oxygens (including phenoxy) is 2. The third kappa shape index (κ3) is 3.74. The topological polar surface area (TPSA) is 67.9 Å². The molecule has 2 aromatic rings. The molecule has 0 bridgehead atoms. The van der Waals surface area contributed by atoms with Gasteiger partial charge in [-0.3, -0.25) is 9.59 Å². The van der Waals surface area contributed by atoms with Crippen LogP contribution in [-0.2, 0) is 4.79 Å². The fourth-order valence-corrected chi connectivity index (χ4v) is 2.60. The zero-order chi connectivity index (χ0) is 17.8. The number of nitrogens with zero attached hydrogens (tertiary/aromatic N) is 1. The number of carbonyl (C=O) groups excluding carboxylic acids is 2. The van der Waals surface area contributed by atoms with E-state index in [4.69, 9.17) is 9.47 Å². The fourth-order valence-electron chi connectivity index (χ4n) is 2.60. The number of rotatable bonds is 4. The summed E-state index contributed by atoms with van der Waals surface area (Å²) in [7, 11) is 1.68. The standard InChI is InChI=1S/C19H20N2O4/c1-3-24-15-7-5-14(6-8-15)20-19(23)13-4-9-17-16(12-13)21(2)18(22)10-11-25-17/h4-9,12H,3,10-11H2,1-2H3,(H,20,23).